The summed E-state index contributed by atoms with van der Waals surface area (Å²) in [4.78, 5) is 3.52. The van der Waals surface area contributed by atoms with E-state index in [9.17, 15) is 17.2 Å². The molecule has 5 nitrogen and oxygen atoms in total. The van der Waals surface area contributed by atoms with Crippen LogP contribution in [0, 0.1) is 11.6 Å². The van der Waals surface area contributed by atoms with E-state index in [1.54, 1.807) is 0 Å². The third-order valence-corrected chi connectivity index (χ3v) is 3.05. The largest absolute Gasteiger partial charge is 0.439 e. The lowest BCUT2D eigenvalue weighted by Crippen LogP contribution is -2.12. The number of hydrogen-bond acceptors (Lipinski definition) is 4. The van der Waals surface area contributed by atoms with Crippen LogP contribution in [0.15, 0.2) is 41.4 Å². The fraction of sp³-hybridized carbons (Fsp3) is 0. The number of primary sulfonamides is 1. The third-order valence-electron chi connectivity index (χ3n) is 2.15. The predicted octanol–water partition coefficient (Wildman–Crippen LogP) is 1.80. The zero-order valence-electron chi connectivity index (χ0n) is 9.38. The molecule has 0 aliphatic heterocycles. The minimum Gasteiger partial charge on any atom is -0.439 e. The summed E-state index contributed by atoms with van der Waals surface area (Å²) >= 11 is 0. The van der Waals surface area contributed by atoms with Crippen molar-refractivity contribution in [3.05, 3.63) is 48.2 Å². The quantitative estimate of drug-likeness (QED) is 0.932. The molecule has 2 aromatic rings. The van der Waals surface area contributed by atoms with Crippen LogP contribution in [-0.2, 0) is 10.0 Å². The molecular weight excluding hydrogens is 278 g/mol. The highest BCUT2D eigenvalue weighted by Crippen LogP contribution is 2.22. The monoisotopic (exact) mass is 286 g/mol. The Morgan fingerprint density at radius 3 is 2.37 bits per heavy atom. The van der Waals surface area contributed by atoms with Crippen LogP contribution in [0.1, 0.15) is 0 Å². The maximum absolute atomic E-state index is 12.9. The van der Waals surface area contributed by atoms with Gasteiger partial charge in [-0.25, -0.2) is 27.3 Å². The van der Waals surface area contributed by atoms with Crippen LogP contribution in [0.2, 0.25) is 0 Å². The summed E-state index contributed by atoms with van der Waals surface area (Å²) in [7, 11) is -3.83. The first-order valence-electron chi connectivity index (χ1n) is 4.98. The smallest absolute Gasteiger partial charge is 0.239 e. The van der Waals surface area contributed by atoms with Gasteiger partial charge >= 0.3 is 0 Å². The lowest BCUT2D eigenvalue weighted by atomic mass is 10.3. The van der Waals surface area contributed by atoms with Crippen molar-refractivity contribution in [2.24, 2.45) is 5.14 Å². The third kappa shape index (κ3) is 3.24. The molecule has 8 heteroatoms. The van der Waals surface area contributed by atoms with Crippen LogP contribution in [-0.4, -0.2) is 13.4 Å². The summed E-state index contributed by atoms with van der Waals surface area (Å²) in [5.74, 6) is -1.99. The molecule has 0 fully saturated rings. The Kier molecular flexibility index (Phi) is 3.45. The predicted molar refractivity (Wildman–Crippen MR) is 62.0 cm³/mol. The summed E-state index contributed by atoms with van der Waals surface area (Å²) in [5, 5.41) is 4.90. The average Bonchev–Trinajstić information content (AvgIpc) is 2.33. The molecule has 19 heavy (non-hydrogen) atoms. The maximum atomic E-state index is 12.9. The molecule has 1 heterocycles. The first-order chi connectivity index (χ1) is 8.86. The summed E-state index contributed by atoms with van der Waals surface area (Å²) in [6.45, 7) is 0. The van der Waals surface area contributed by atoms with Gasteiger partial charge < -0.3 is 4.74 Å². The molecule has 0 radical (unpaired) electrons. The maximum Gasteiger partial charge on any atom is 0.239 e. The Balaban J connectivity index is 2.22. The Morgan fingerprint density at radius 2 is 1.84 bits per heavy atom. The van der Waals surface area contributed by atoms with Crippen LogP contribution in [0.25, 0.3) is 0 Å². The SMILES string of the molecule is NS(=O)(=O)c1ccc(Oc2ccc(F)c(F)c2)nc1. The molecular formula is C11H8F2N2O3S. The van der Waals surface area contributed by atoms with Crippen LogP contribution >= 0.6 is 0 Å². The first-order valence-corrected chi connectivity index (χ1v) is 6.52. The van der Waals surface area contributed by atoms with Crippen LogP contribution in [0.5, 0.6) is 11.6 Å². The van der Waals surface area contributed by atoms with Gasteiger partial charge in [0.15, 0.2) is 11.6 Å². The molecule has 0 aliphatic carbocycles. The second-order valence-corrected chi connectivity index (χ2v) is 5.12. The van der Waals surface area contributed by atoms with E-state index in [0.29, 0.717) is 0 Å². The van der Waals surface area contributed by atoms with Crippen molar-refractivity contribution >= 4 is 10.0 Å². The molecule has 1 aromatic heterocycles. The number of nitrogens with two attached hydrogens (primary N) is 1. The van der Waals surface area contributed by atoms with E-state index in [-0.39, 0.29) is 16.5 Å². The van der Waals surface area contributed by atoms with Gasteiger partial charge in [-0.05, 0) is 18.2 Å². The highest BCUT2D eigenvalue weighted by molar-refractivity contribution is 7.89. The van der Waals surface area contributed by atoms with Gasteiger partial charge in [0, 0.05) is 12.1 Å². The van der Waals surface area contributed by atoms with E-state index >= 15 is 0 Å². The minimum absolute atomic E-state index is 0.0263. The molecule has 2 N–H and O–H groups in total. The highest BCUT2D eigenvalue weighted by atomic mass is 32.2. The number of hydrogen-bond donors (Lipinski definition) is 1. The molecule has 0 amide bonds. The Hall–Kier alpha value is -2.06. The van der Waals surface area contributed by atoms with Crippen molar-refractivity contribution in [3.8, 4) is 11.6 Å². The molecule has 2 rings (SSSR count). The second-order valence-electron chi connectivity index (χ2n) is 3.56. The van der Waals surface area contributed by atoms with Crippen molar-refractivity contribution in [1.29, 1.82) is 0 Å². The van der Waals surface area contributed by atoms with Crippen LogP contribution in [0.4, 0.5) is 8.78 Å². The lowest BCUT2D eigenvalue weighted by Gasteiger charge is -2.05. The van der Waals surface area contributed by atoms with Crippen molar-refractivity contribution in [3.63, 3.8) is 0 Å². The van der Waals surface area contributed by atoms with Crippen molar-refractivity contribution in [2.45, 2.75) is 4.90 Å². The molecule has 0 atom stereocenters. The first kappa shape index (κ1) is 13.4. The van der Waals surface area contributed by atoms with Gasteiger partial charge in [-0.3, -0.25) is 0 Å². The number of rotatable bonds is 3. The number of halogens is 2. The van der Waals surface area contributed by atoms with Gasteiger partial charge in [0.1, 0.15) is 10.6 Å². The van der Waals surface area contributed by atoms with Gasteiger partial charge in [-0.2, -0.15) is 0 Å². The molecule has 0 saturated heterocycles. The van der Waals surface area contributed by atoms with E-state index in [1.165, 1.54) is 18.2 Å². The molecule has 0 unspecified atom stereocenters. The number of benzene rings is 1. The van der Waals surface area contributed by atoms with Crippen molar-refractivity contribution in [2.75, 3.05) is 0 Å². The minimum atomic E-state index is -3.83. The molecule has 0 aliphatic rings. The van der Waals surface area contributed by atoms with Gasteiger partial charge in [0.2, 0.25) is 15.9 Å². The fourth-order valence-electron chi connectivity index (χ4n) is 1.26. The van der Waals surface area contributed by atoms with E-state index in [4.69, 9.17) is 9.88 Å². The number of sulfonamides is 1. The molecule has 0 saturated carbocycles. The summed E-state index contributed by atoms with van der Waals surface area (Å²) in [5.41, 5.74) is 0. The molecule has 1 aromatic carbocycles. The lowest BCUT2D eigenvalue weighted by molar-refractivity contribution is 0.447. The number of nitrogens with zero attached hydrogens (tertiary/aromatic N) is 1. The number of aromatic nitrogens is 1. The van der Waals surface area contributed by atoms with Gasteiger partial charge in [-0.15, -0.1) is 0 Å². The Labute approximate surface area is 107 Å². The zero-order valence-corrected chi connectivity index (χ0v) is 10.2. The highest BCUT2D eigenvalue weighted by Gasteiger charge is 2.09. The van der Waals surface area contributed by atoms with E-state index in [2.05, 4.69) is 4.98 Å². The van der Waals surface area contributed by atoms with Crippen LogP contribution < -0.4 is 9.88 Å². The topological polar surface area (TPSA) is 82.3 Å². The standard InChI is InChI=1S/C11H8F2N2O3S/c12-9-3-1-7(5-10(9)13)18-11-4-2-8(6-15-11)19(14,16)17/h1-6H,(H2,14,16,17). The van der Waals surface area contributed by atoms with E-state index in [0.717, 1.165) is 18.3 Å². The van der Waals surface area contributed by atoms with Gasteiger partial charge in [0.05, 0.1) is 6.20 Å². The van der Waals surface area contributed by atoms with Gasteiger partial charge in [-0.1, -0.05) is 0 Å². The zero-order chi connectivity index (χ0) is 14.0. The number of pyridine rings is 1. The summed E-state index contributed by atoms with van der Waals surface area (Å²) < 4.78 is 52.7. The average molecular weight is 286 g/mol. The van der Waals surface area contributed by atoms with Crippen molar-refractivity contribution in [1.82, 2.24) is 4.98 Å². The molecule has 100 valence electrons. The Bertz CT molecular complexity index is 702. The van der Waals surface area contributed by atoms with Crippen molar-refractivity contribution < 1.29 is 21.9 Å². The summed E-state index contributed by atoms with van der Waals surface area (Å²) in [6, 6.07) is 5.42. The molecule has 0 spiro atoms. The molecule has 0 bridgehead atoms. The second kappa shape index (κ2) is 4.90. The summed E-state index contributed by atoms with van der Waals surface area (Å²) in [6.07, 6.45) is 1.00. The van der Waals surface area contributed by atoms with E-state index < -0.39 is 21.7 Å². The van der Waals surface area contributed by atoms with E-state index in [1.807, 2.05) is 0 Å². The van der Waals surface area contributed by atoms with Crippen LogP contribution in [0.3, 0.4) is 0 Å². The fourth-order valence-corrected chi connectivity index (χ4v) is 1.71. The normalized spacial score (nSPS) is 11.3. The Morgan fingerprint density at radius 1 is 1.11 bits per heavy atom. The number of ether oxygens (including phenoxy) is 1. The van der Waals surface area contributed by atoms with Gasteiger partial charge in [0.25, 0.3) is 0 Å².